The zero-order chi connectivity index (χ0) is 22.7. The molecule has 2 aliphatic carbocycles. The molecule has 174 valence electrons. The van der Waals surface area contributed by atoms with Crippen molar-refractivity contribution < 1.29 is 18.7 Å². The van der Waals surface area contributed by atoms with Crippen molar-refractivity contribution >= 4 is 34.4 Å². The summed E-state index contributed by atoms with van der Waals surface area (Å²) >= 11 is 1.58. The van der Waals surface area contributed by atoms with Crippen LogP contribution in [0.3, 0.4) is 0 Å². The van der Waals surface area contributed by atoms with Gasteiger partial charge < -0.3 is 20.7 Å². The third-order valence-electron chi connectivity index (χ3n) is 6.38. The molecule has 10 heteroatoms. The predicted octanol–water partition coefficient (Wildman–Crippen LogP) is 4.57. The molecule has 1 aromatic carbocycles. The number of rotatable bonds is 7. The van der Waals surface area contributed by atoms with Crippen LogP contribution in [0, 0.1) is 5.82 Å². The van der Waals surface area contributed by atoms with E-state index in [-0.39, 0.29) is 30.0 Å². The van der Waals surface area contributed by atoms with E-state index in [1.807, 2.05) is 0 Å². The maximum absolute atomic E-state index is 14.7. The van der Waals surface area contributed by atoms with Gasteiger partial charge in [0, 0.05) is 17.0 Å². The Bertz CT molecular complexity index is 1030. The molecule has 4 rings (SSSR count). The van der Waals surface area contributed by atoms with Crippen LogP contribution in [0.15, 0.2) is 16.9 Å². The molecule has 1 heterocycles. The fourth-order valence-electron chi connectivity index (χ4n) is 4.61. The summed E-state index contributed by atoms with van der Waals surface area (Å²) in [5.74, 6) is 0.316. The number of halogens is 2. The normalized spacial score (nSPS) is 24.0. The number of anilines is 1. The van der Waals surface area contributed by atoms with Gasteiger partial charge in [-0.3, -0.25) is 4.79 Å². The van der Waals surface area contributed by atoms with Gasteiger partial charge in [-0.1, -0.05) is 12.8 Å². The zero-order valence-corrected chi connectivity index (χ0v) is 18.6. The lowest BCUT2D eigenvalue weighted by molar-refractivity contribution is 0.104. The first-order valence-electron chi connectivity index (χ1n) is 11.1. The summed E-state index contributed by atoms with van der Waals surface area (Å²) in [5, 5.41) is 14.3. The number of carbonyl (C=O) groups is 1. The molecule has 1 amide bonds. The largest absolute Gasteiger partial charge is 0.465 e. The van der Waals surface area contributed by atoms with Crippen LogP contribution in [0.25, 0.3) is 10.9 Å². The van der Waals surface area contributed by atoms with Crippen LogP contribution in [-0.2, 0) is 5.75 Å². The lowest BCUT2D eigenvalue weighted by Gasteiger charge is -2.33. The van der Waals surface area contributed by atoms with Gasteiger partial charge in [0.05, 0.1) is 17.8 Å². The van der Waals surface area contributed by atoms with Gasteiger partial charge in [0.25, 0.3) is 5.56 Å². The minimum atomic E-state index is -1.51. The number of fused-ring (bicyclic) bond motifs is 1. The number of amides is 1. The van der Waals surface area contributed by atoms with E-state index < -0.39 is 23.1 Å². The van der Waals surface area contributed by atoms with Crippen LogP contribution in [0.1, 0.15) is 57.2 Å². The molecule has 2 fully saturated rings. The third kappa shape index (κ3) is 5.51. The number of nitrogens with one attached hydrogen (secondary N) is 3. The number of aromatic amines is 1. The SMILES string of the molecule is O=C(O)NC[C@]1(F)CC[C@@H](SCc2nc3cc(NC4CCCC4)cc(F)c3c(=O)[nH]2)CC1. The second-order valence-corrected chi connectivity index (χ2v) is 10.1. The zero-order valence-electron chi connectivity index (χ0n) is 17.8. The first-order valence-corrected chi connectivity index (χ1v) is 12.1. The van der Waals surface area contributed by atoms with E-state index in [0.29, 0.717) is 41.7 Å². The van der Waals surface area contributed by atoms with Crippen molar-refractivity contribution in [1.82, 2.24) is 15.3 Å². The van der Waals surface area contributed by atoms with E-state index in [4.69, 9.17) is 5.11 Å². The van der Waals surface area contributed by atoms with Crippen molar-refractivity contribution in [2.45, 2.75) is 74.1 Å². The lowest BCUT2D eigenvalue weighted by Crippen LogP contribution is -2.42. The Kier molecular flexibility index (Phi) is 6.88. The number of alkyl halides is 1. The van der Waals surface area contributed by atoms with Gasteiger partial charge >= 0.3 is 6.09 Å². The highest BCUT2D eigenvalue weighted by molar-refractivity contribution is 7.99. The van der Waals surface area contributed by atoms with Gasteiger partial charge in [-0.2, -0.15) is 11.8 Å². The van der Waals surface area contributed by atoms with Gasteiger partial charge in [0.1, 0.15) is 22.7 Å². The molecular weight excluding hydrogens is 438 g/mol. The summed E-state index contributed by atoms with van der Waals surface area (Å²) in [6.45, 7) is -0.192. The number of hydrogen-bond acceptors (Lipinski definition) is 5. The number of thioether (sulfide) groups is 1. The molecule has 0 saturated heterocycles. The number of H-pyrrole nitrogens is 1. The molecule has 32 heavy (non-hydrogen) atoms. The Balaban J connectivity index is 1.40. The summed E-state index contributed by atoms with van der Waals surface area (Å²) < 4.78 is 29.3. The van der Waals surface area contributed by atoms with Crippen molar-refractivity contribution in [2.75, 3.05) is 11.9 Å². The Hall–Kier alpha value is -2.36. The number of aromatic nitrogens is 2. The van der Waals surface area contributed by atoms with E-state index in [2.05, 4.69) is 20.6 Å². The quantitative estimate of drug-likeness (QED) is 0.476. The Morgan fingerprint density at radius 3 is 2.66 bits per heavy atom. The molecule has 4 N–H and O–H groups in total. The monoisotopic (exact) mass is 466 g/mol. The first kappa shape index (κ1) is 22.8. The van der Waals surface area contributed by atoms with Crippen molar-refractivity contribution in [3.05, 3.63) is 34.1 Å². The minimum Gasteiger partial charge on any atom is -0.465 e. The molecule has 0 radical (unpaired) electrons. The third-order valence-corrected chi connectivity index (χ3v) is 7.76. The molecular formula is C22H28F2N4O3S. The first-order chi connectivity index (χ1) is 15.3. The molecule has 7 nitrogen and oxygen atoms in total. The summed E-state index contributed by atoms with van der Waals surface area (Å²) in [6, 6.07) is 3.41. The molecule has 1 aromatic heterocycles. The Morgan fingerprint density at radius 1 is 1.25 bits per heavy atom. The predicted molar refractivity (Wildman–Crippen MR) is 122 cm³/mol. The topological polar surface area (TPSA) is 107 Å². The van der Waals surface area contributed by atoms with Gasteiger partial charge in [-0.15, -0.1) is 0 Å². The van der Waals surface area contributed by atoms with Crippen molar-refractivity contribution in [3.8, 4) is 0 Å². The number of nitrogens with zero attached hydrogens (tertiary/aromatic N) is 1. The van der Waals surface area contributed by atoms with Crippen LogP contribution < -0.4 is 16.2 Å². The lowest BCUT2D eigenvalue weighted by atomic mass is 9.86. The number of hydrogen-bond donors (Lipinski definition) is 4. The molecule has 0 spiro atoms. The van der Waals surface area contributed by atoms with Crippen molar-refractivity contribution in [1.29, 1.82) is 0 Å². The smallest absolute Gasteiger partial charge is 0.404 e. The fraction of sp³-hybridized carbons (Fsp3) is 0.591. The molecule has 0 aliphatic heterocycles. The summed E-state index contributed by atoms with van der Waals surface area (Å²) in [5.41, 5.74) is -1.04. The van der Waals surface area contributed by atoms with E-state index in [9.17, 15) is 18.4 Å². The molecule has 2 saturated carbocycles. The van der Waals surface area contributed by atoms with Crippen LogP contribution in [0.5, 0.6) is 0 Å². The summed E-state index contributed by atoms with van der Waals surface area (Å²) in [6.07, 6.45) is 5.01. The Labute approximate surface area is 188 Å². The summed E-state index contributed by atoms with van der Waals surface area (Å²) in [7, 11) is 0. The van der Waals surface area contributed by atoms with Crippen LogP contribution in [-0.4, -0.2) is 44.7 Å². The molecule has 0 atom stereocenters. The average molecular weight is 467 g/mol. The second-order valence-electron chi connectivity index (χ2n) is 8.81. The van der Waals surface area contributed by atoms with Gasteiger partial charge in [0.2, 0.25) is 0 Å². The maximum Gasteiger partial charge on any atom is 0.404 e. The van der Waals surface area contributed by atoms with Gasteiger partial charge in [0.15, 0.2) is 0 Å². The standard InChI is InChI=1S/C22H28F2N4O3S/c23-16-9-14(26-13-3-1-2-4-13)10-17-19(16)20(29)28-18(27-17)11-32-15-5-7-22(24,8-6-15)12-25-21(30)31/h9-10,13,15,25-26H,1-8,11-12H2,(H,30,31)(H,27,28,29)/t15-,22+. The highest BCUT2D eigenvalue weighted by atomic mass is 32.2. The average Bonchev–Trinajstić information content (AvgIpc) is 3.24. The van der Waals surface area contributed by atoms with Crippen LogP contribution in [0.4, 0.5) is 19.3 Å². The molecule has 0 unspecified atom stereocenters. The number of benzene rings is 1. The maximum atomic E-state index is 14.7. The fourth-order valence-corrected chi connectivity index (χ4v) is 5.71. The summed E-state index contributed by atoms with van der Waals surface area (Å²) in [4.78, 5) is 30.2. The van der Waals surface area contributed by atoms with Crippen LogP contribution >= 0.6 is 11.8 Å². The molecule has 2 aliphatic rings. The highest BCUT2D eigenvalue weighted by Gasteiger charge is 2.35. The van der Waals surface area contributed by atoms with E-state index >= 15 is 0 Å². The molecule has 0 bridgehead atoms. The van der Waals surface area contributed by atoms with E-state index in [0.717, 1.165) is 25.7 Å². The highest BCUT2D eigenvalue weighted by Crippen LogP contribution is 2.37. The molecule has 2 aromatic rings. The van der Waals surface area contributed by atoms with Crippen molar-refractivity contribution in [3.63, 3.8) is 0 Å². The van der Waals surface area contributed by atoms with Crippen LogP contribution in [0.2, 0.25) is 0 Å². The van der Waals surface area contributed by atoms with E-state index in [1.54, 1.807) is 17.8 Å². The van der Waals surface area contributed by atoms with Gasteiger partial charge in [-0.25, -0.2) is 18.6 Å². The van der Waals surface area contributed by atoms with Crippen molar-refractivity contribution in [2.24, 2.45) is 0 Å². The minimum absolute atomic E-state index is 0.0402. The Morgan fingerprint density at radius 2 is 1.97 bits per heavy atom. The van der Waals surface area contributed by atoms with Gasteiger partial charge in [-0.05, 0) is 50.7 Å². The number of carboxylic acid groups (broad SMARTS) is 1. The second kappa shape index (κ2) is 9.64. The van der Waals surface area contributed by atoms with E-state index in [1.165, 1.54) is 6.07 Å².